The third-order valence-corrected chi connectivity index (χ3v) is 13.8. The number of para-hydroxylation sites is 1. The van der Waals surface area contributed by atoms with Crippen LogP contribution in [0.15, 0.2) is 205 Å². The number of benzene rings is 8. The van der Waals surface area contributed by atoms with Crippen molar-refractivity contribution in [3.63, 3.8) is 0 Å². The molecule has 0 amide bonds. The molecule has 8 aromatic carbocycles. The highest BCUT2D eigenvalue weighted by Gasteiger charge is 2.04. The van der Waals surface area contributed by atoms with Crippen LogP contribution in [0.2, 0.25) is 5.02 Å². The Hall–Kier alpha value is -5.72. The Morgan fingerprint density at radius 2 is 0.675 bits per heavy atom. The fourth-order valence-corrected chi connectivity index (χ4v) is 7.83. The van der Waals surface area contributed by atoms with Crippen LogP contribution in [-0.2, 0) is 0 Å². The van der Waals surface area contributed by atoms with E-state index in [4.69, 9.17) is 26.3 Å². The van der Waals surface area contributed by atoms with Crippen molar-refractivity contribution in [3.8, 4) is 23.3 Å². The van der Waals surface area contributed by atoms with Gasteiger partial charge in [-0.15, -0.1) is 0 Å². The maximum Gasteiger partial charge on any atom is 0.127 e. The van der Waals surface area contributed by atoms with E-state index < -0.39 is 0 Å². The van der Waals surface area contributed by atoms with Gasteiger partial charge >= 0.3 is 0 Å². The molecule has 0 radical (unpaired) electrons. The zero-order valence-corrected chi connectivity index (χ0v) is 54.9. The number of nitriles is 1. The summed E-state index contributed by atoms with van der Waals surface area (Å²) in [4.78, 5) is 0. The minimum Gasteiger partial charge on any atom is -0.491 e. The molecule has 0 atom stereocenters. The van der Waals surface area contributed by atoms with Gasteiger partial charge in [-0.2, -0.15) is 5.26 Å². The summed E-state index contributed by atoms with van der Waals surface area (Å²) < 4.78 is 26.1. The third-order valence-electron chi connectivity index (χ3n) is 12.3. The van der Waals surface area contributed by atoms with E-state index in [0.717, 1.165) is 32.3 Å². The largest absolute Gasteiger partial charge is 0.491 e. The molecule has 0 heterocycles. The van der Waals surface area contributed by atoms with Crippen LogP contribution in [0.1, 0.15) is 197 Å². The van der Waals surface area contributed by atoms with Gasteiger partial charge < -0.3 is 9.47 Å². The first-order valence-electron chi connectivity index (χ1n) is 28.0. The zero-order valence-electron chi connectivity index (χ0n) is 50.4. The van der Waals surface area contributed by atoms with Gasteiger partial charge in [0.1, 0.15) is 23.1 Å². The smallest absolute Gasteiger partial charge is 0.127 e. The van der Waals surface area contributed by atoms with Crippen LogP contribution in [0.5, 0.6) is 17.2 Å². The van der Waals surface area contributed by atoms with E-state index in [0.29, 0.717) is 41.4 Å². The summed E-state index contributed by atoms with van der Waals surface area (Å²) in [5, 5.41) is 9.33. The van der Waals surface area contributed by atoms with Crippen molar-refractivity contribution in [1.29, 1.82) is 5.26 Å². The van der Waals surface area contributed by atoms with Gasteiger partial charge in [0.15, 0.2) is 0 Å². The van der Waals surface area contributed by atoms with Crippen LogP contribution >= 0.6 is 50.1 Å². The second-order valence-electron chi connectivity index (χ2n) is 21.7. The van der Waals surface area contributed by atoms with Crippen LogP contribution < -0.4 is 9.47 Å². The summed E-state index contributed by atoms with van der Waals surface area (Å²) in [7, 11) is 0. The molecule has 0 aliphatic heterocycles. The first-order chi connectivity index (χ1) is 37.9. The highest BCUT2D eigenvalue weighted by atomic mass is 127. The molecule has 0 fully saturated rings. The summed E-state index contributed by atoms with van der Waals surface area (Å²) in [5.74, 6) is 6.61. The Kier molecular flexibility index (Phi) is 34.2. The maximum absolute atomic E-state index is 12.4. The molecule has 0 aliphatic carbocycles. The monoisotopic (exact) mass is 1270 g/mol. The molecule has 0 bridgehead atoms. The van der Waals surface area contributed by atoms with Gasteiger partial charge in [0.05, 0.1) is 17.7 Å². The first-order valence-corrected chi connectivity index (χ1v) is 30.2. The number of nitrogens with zero attached hydrogens (tertiary/aromatic N) is 1. The van der Waals surface area contributed by atoms with Crippen LogP contribution in [-0.4, -0.2) is 6.10 Å². The molecule has 3 nitrogen and oxygen atoms in total. The molecule has 0 saturated heterocycles. The number of hydrogen-bond donors (Lipinski definition) is 0. The summed E-state index contributed by atoms with van der Waals surface area (Å²) in [5.41, 5.74) is 10.0. The molecule has 0 aromatic heterocycles. The lowest BCUT2D eigenvalue weighted by atomic mass is 10.0. The molecule has 7 heteroatoms. The Morgan fingerprint density at radius 3 is 1.01 bits per heavy atom. The SMILES string of the molecule is CC(C)Oc1ccc(C(C)C)cc1.CC(C)c1ccc(Br)cc1.CC(C)c1ccc(C#N)cc1.CC(C)c1ccc(Cl)cc1.CC(C)c1ccc(F)cc1.CC(C)c1ccc(I)cc1.CC(C)c1ccc(Oc2ccccc2)cc1. The summed E-state index contributed by atoms with van der Waals surface area (Å²) >= 11 is 11.4. The predicted octanol–water partition coefficient (Wildman–Crippen LogP) is 24.3. The Balaban J connectivity index is 0.000000321. The molecule has 0 N–H and O–H groups in total. The fraction of sp³-hybridized carbons (Fsp3) is 0.329. The summed E-state index contributed by atoms with van der Waals surface area (Å²) in [6, 6.07) is 68.0. The van der Waals surface area contributed by atoms with Gasteiger partial charge in [0.25, 0.3) is 0 Å². The highest BCUT2D eigenvalue weighted by Crippen LogP contribution is 2.25. The second kappa shape index (κ2) is 38.8. The summed E-state index contributed by atoms with van der Waals surface area (Å²) in [6.45, 7) is 34.5. The number of hydrogen-bond acceptors (Lipinski definition) is 3. The van der Waals surface area contributed by atoms with Crippen LogP contribution in [0.3, 0.4) is 0 Å². The number of rotatable bonds is 11. The topological polar surface area (TPSA) is 42.2 Å². The van der Waals surface area contributed by atoms with Gasteiger partial charge in [-0.05, 0) is 214 Å². The Morgan fingerprint density at radius 1 is 0.388 bits per heavy atom. The van der Waals surface area contributed by atoms with E-state index in [1.165, 1.54) is 54.6 Å². The van der Waals surface area contributed by atoms with E-state index in [2.05, 4.69) is 226 Å². The van der Waals surface area contributed by atoms with Crippen LogP contribution in [0.4, 0.5) is 4.39 Å². The third kappa shape index (κ3) is 30.2. The molecule has 8 aromatic rings. The van der Waals surface area contributed by atoms with Crippen LogP contribution in [0, 0.1) is 20.7 Å². The van der Waals surface area contributed by atoms with E-state index >= 15 is 0 Å². The van der Waals surface area contributed by atoms with Gasteiger partial charge in [0.2, 0.25) is 0 Å². The molecule has 8 rings (SSSR count). The van der Waals surface area contributed by atoms with E-state index in [1.54, 1.807) is 0 Å². The van der Waals surface area contributed by atoms with Crippen molar-refractivity contribution in [2.45, 2.75) is 158 Å². The fourth-order valence-electron chi connectivity index (χ4n) is 7.08. The number of halogens is 4. The lowest BCUT2D eigenvalue weighted by Crippen LogP contribution is -2.05. The molecular formula is C73H89BrClFINO2. The van der Waals surface area contributed by atoms with Gasteiger partial charge in [-0.1, -0.05) is 228 Å². The van der Waals surface area contributed by atoms with Crippen LogP contribution in [0.25, 0.3) is 0 Å². The van der Waals surface area contributed by atoms with E-state index in [-0.39, 0.29) is 11.9 Å². The average Bonchev–Trinajstić information content (AvgIpc) is 3.43. The highest BCUT2D eigenvalue weighted by molar-refractivity contribution is 14.1. The molecule has 0 aliphatic rings. The lowest BCUT2D eigenvalue weighted by Gasteiger charge is -2.11. The molecule has 426 valence electrons. The minimum atomic E-state index is -0.163. The van der Waals surface area contributed by atoms with Gasteiger partial charge in [-0.25, -0.2) is 4.39 Å². The second-order valence-corrected chi connectivity index (χ2v) is 24.3. The Bertz CT molecular complexity index is 2680. The van der Waals surface area contributed by atoms with Crippen molar-refractivity contribution in [2.24, 2.45) is 0 Å². The van der Waals surface area contributed by atoms with Crippen molar-refractivity contribution < 1.29 is 13.9 Å². The summed E-state index contributed by atoms with van der Waals surface area (Å²) in [6.07, 6.45) is 0.255. The predicted molar refractivity (Wildman–Crippen MR) is 356 cm³/mol. The molecule has 0 saturated carbocycles. The lowest BCUT2D eigenvalue weighted by molar-refractivity contribution is 0.242. The van der Waals surface area contributed by atoms with E-state index in [9.17, 15) is 4.39 Å². The molecule has 80 heavy (non-hydrogen) atoms. The van der Waals surface area contributed by atoms with Crippen molar-refractivity contribution in [3.05, 3.63) is 264 Å². The normalized spacial score (nSPS) is 10.4. The minimum absolute atomic E-state index is 0.163. The van der Waals surface area contributed by atoms with Crippen molar-refractivity contribution >= 4 is 50.1 Å². The molecule has 0 spiro atoms. The number of ether oxygens (including phenoxy) is 2. The van der Waals surface area contributed by atoms with Crippen molar-refractivity contribution in [2.75, 3.05) is 0 Å². The standard InChI is InChI=1S/C15H16O.C12H18O.C10H11N.C9H11Br.C9H11Cl.C9H11F.C9H11I/c1-12(2)13-8-10-15(11-9-13)16-14-6-4-3-5-7-14;1-9(2)11-5-7-12(8-6-11)13-10(3)4;1-8(2)10-5-3-9(7-11)4-6-10;4*1-7(2)8-3-5-9(10)6-4-8/h3-12H,1-2H3;5-10H,1-4H3;3-6,8H,1-2H3;4*3-7H,1-2H3. The average molecular weight is 1270 g/mol. The van der Waals surface area contributed by atoms with E-state index in [1.807, 2.05) is 117 Å². The van der Waals surface area contributed by atoms with Gasteiger partial charge in [-0.3, -0.25) is 0 Å². The van der Waals surface area contributed by atoms with Gasteiger partial charge in [0, 0.05) is 13.1 Å². The zero-order chi connectivity index (χ0) is 59.7. The quantitative estimate of drug-likeness (QED) is 0.121. The maximum atomic E-state index is 12.4. The Labute approximate surface area is 510 Å². The molecular weight excluding hydrogens is 1180 g/mol. The first kappa shape index (κ1) is 70.4. The molecule has 0 unspecified atom stereocenters. The van der Waals surface area contributed by atoms with Crippen molar-refractivity contribution in [1.82, 2.24) is 0 Å².